The van der Waals surface area contributed by atoms with Gasteiger partial charge in [-0.2, -0.15) is 13.2 Å². The number of aromatic nitrogens is 2. The molecule has 0 fully saturated rings. The molecule has 96 valence electrons. The number of halogens is 3. The number of rotatable bonds is 3. The number of hydrogen-bond donors (Lipinski definition) is 2. The lowest BCUT2D eigenvalue weighted by atomic mass is 10.0. The van der Waals surface area contributed by atoms with Gasteiger partial charge in [-0.1, -0.05) is 0 Å². The number of thiazole rings is 1. The van der Waals surface area contributed by atoms with E-state index in [4.69, 9.17) is 5.84 Å². The van der Waals surface area contributed by atoms with Crippen molar-refractivity contribution in [3.05, 3.63) is 46.2 Å². The van der Waals surface area contributed by atoms with Gasteiger partial charge in [-0.3, -0.25) is 10.8 Å². The topological polar surface area (TPSA) is 63.8 Å². The maximum Gasteiger partial charge on any atom is 0.416 e. The molecule has 1 atom stereocenters. The summed E-state index contributed by atoms with van der Waals surface area (Å²) < 4.78 is 38.6. The highest BCUT2D eigenvalue weighted by Crippen LogP contribution is 2.35. The van der Waals surface area contributed by atoms with Crippen molar-refractivity contribution in [3.8, 4) is 0 Å². The van der Waals surface area contributed by atoms with E-state index in [2.05, 4.69) is 15.4 Å². The molecule has 0 aliphatic heterocycles. The van der Waals surface area contributed by atoms with Crippen molar-refractivity contribution in [1.82, 2.24) is 15.4 Å². The second-order valence-electron chi connectivity index (χ2n) is 3.47. The highest BCUT2D eigenvalue weighted by molar-refractivity contribution is 7.07. The summed E-state index contributed by atoms with van der Waals surface area (Å²) in [6, 6.07) is 0.0908. The van der Waals surface area contributed by atoms with Gasteiger partial charge in [0.2, 0.25) is 0 Å². The van der Waals surface area contributed by atoms with Gasteiger partial charge in [0.15, 0.2) is 0 Å². The number of nitrogens with two attached hydrogens (primary N) is 1. The molecule has 3 N–H and O–H groups in total. The molecule has 18 heavy (non-hydrogen) atoms. The Balaban J connectivity index is 2.50. The van der Waals surface area contributed by atoms with Crippen LogP contribution in [-0.4, -0.2) is 9.97 Å². The molecule has 2 rings (SSSR count). The van der Waals surface area contributed by atoms with E-state index >= 15 is 0 Å². The van der Waals surface area contributed by atoms with Gasteiger partial charge in [0.05, 0.1) is 22.8 Å². The monoisotopic (exact) mass is 274 g/mol. The van der Waals surface area contributed by atoms with Crippen molar-refractivity contribution in [2.75, 3.05) is 0 Å². The van der Waals surface area contributed by atoms with Crippen LogP contribution in [-0.2, 0) is 6.18 Å². The minimum absolute atomic E-state index is 0.0431. The van der Waals surface area contributed by atoms with Crippen molar-refractivity contribution in [2.45, 2.75) is 12.2 Å². The molecule has 0 aliphatic carbocycles. The van der Waals surface area contributed by atoms with Gasteiger partial charge in [0.25, 0.3) is 0 Å². The van der Waals surface area contributed by atoms with Crippen molar-refractivity contribution >= 4 is 11.3 Å². The molecule has 0 spiro atoms. The number of nitrogens with one attached hydrogen (secondary N) is 1. The molecule has 8 heteroatoms. The van der Waals surface area contributed by atoms with Gasteiger partial charge in [-0.05, 0) is 6.07 Å². The van der Waals surface area contributed by atoms with Crippen molar-refractivity contribution in [2.24, 2.45) is 5.84 Å². The van der Waals surface area contributed by atoms with Crippen LogP contribution in [0.15, 0.2) is 29.4 Å². The van der Waals surface area contributed by atoms with Crippen LogP contribution in [0.4, 0.5) is 13.2 Å². The Kier molecular flexibility index (Phi) is 3.60. The maximum absolute atomic E-state index is 12.9. The second-order valence-corrected chi connectivity index (χ2v) is 4.19. The number of nitrogens with zero attached hydrogens (tertiary/aromatic N) is 2. The quantitative estimate of drug-likeness (QED) is 0.664. The lowest BCUT2D eigenvalue weighted by Crippen LogP contribution is -2.31. The van der Waals surface area contributed by atoms with Gasteiger partial charge < -0.3 is 0 Å². The third-order valence-electron chi connectivity index (χ3n) is 2.38. The lowest BCUT2D eigenvalue weighted by molar-refractivity contribution is -0.138. The minimum Gasteiger partial charge on any atom is -0.271 e. The molecular weight excluding hydrogens is 265 g/mol. The van der Waals surface area contributed by atoms with E-state index in [1.807, 2.05) is 0 Å². The Bertz CT molecular complexity index is 512. The Hall–Kier alpha value is -1.51. The third kappa shape index (κ3) is 2.50. The molecule has 2 aromatic rings. The molecule has 1 unspecified atom stereocenters. The first-order chi connectivity index (χ1) is 8.54. The van der Waals surface area contributed by atoms with Crippen LogP contribution in [0.3, 0.4) is 0 Å². The van der Waals surface area contributed by atoms with Crippen LogP contribution in [0, 0.1) is 0 Å². The van der Waals surface area contributed by atoms with Crippen molar-refractivity contribution in [1.29, 1.82) is 0 Å². The van der Waals surface area contributed by atoms with Crippen molar-refractivity contribution < 1.29 is 13.2 Å². The molecule has 0 saturated heterocycles. The fourth-order valence-corrected chi connectivity index (χ4v) is 2.17. The average molecular weight is 274 g/mol. The van der Waals surface area contributed by atoms with Gasteiger partial charge in [0.1, 0.15) is 0 Å². The Morgan fingerprint density at radius 2 is 2.17 bits per heavy atom. The minimum atomic E-state index is -4.45. The molecule has 0 aliphatic rings. The van der Waals surface area contributed by atoms with Crippen molar-refractivity contribution in [3.63, 3.8) is 0 Å². The normalized spacial score (nSPS) is 13.6. The van der Waals surface area contributed by atoms with E-state index in [0.29, 0.717) is 5.69 Å². The zero-order valence-electron chi connectivity index (χ0n) is 8.98. The molecule has 0 aromatic carbocycles. The predicted molar refractivity (Wildman–Crippen MR) is 60.5 cm³/mol. The zero-order valence-corrected chi connectivity index (χ0v) is 9.79. The standard InChI is InChI=1S/C10H9F3N4S/c11-10(12,13)7-1-2-15-3-6(7)9(17-14)8-4-18-5-16-8/h1-5,9,17H,14H2. The van der Waals surface area contributed by atoms with Crippen LogP contribution in [0.1, 0.15) is 22.9 Å². The van der Waals surface area contributed by atoms with E-state index in [-0.39, 0.29) is 5.56 Å². The Morgan fingerprint density at radius 1 is 1.39 bits per heavy atom. The summed E-state index contributed by atoms with van der Waals surface area (Å²) in [4.78, 5) is 7.69. The highest BCUT2D eigenvalue weighted by atomic mass is 32.1. The maximum atomic E-state index is 12.9. The van der Waals surface area contributed by atoms with Crippen LogP contribution in [0.2, 0.25) is 0 Å². The SMILES string of the molecule is NNC(c1cscn1)c1cnccc1C(F)(F)F. The summed E-state index contributed by atoms with van der Waals surface area (Å²) in [5, 5.41) is 1.64. The van der Waals surface area contributed by atoms with Gasteiger partial charge in [-0.15, -0.1) is 11.3 Å². The van der Waals surface area contributed by atoms with Crippen LogP contribution in [0.5, 0.6) is 0 Å². The molecule has 2 aromatic heterocycles. The molecule has 0 amide bonds. The highest BCUT2D eigenvalue weighted by Gasteiger charge is 2.35. The van der Waals surface area contributed by atoms with Crippen LogP contribution >= 0.6 is 11.3 Å². The van der Waals surface area contributed by atoms with Crippen LogP contribution in [0.25, 0.3) is 0 Å². The Morgan fingerprint density at radius 3 is 2.72 bits per heavy atom. The fourth-order valence-electron chi connectivity index (χ4n) is 1.59. The molecule has 4 nitrogen and oxygen atoms in total. The van der Waals surface area contributed by atoms with Gasteiger partial charge in [-0.25, -0.2) is 10.4 Å². The first-order valence-electron chi connectivity index (χ1n) is 4.89. The van der Waals surface area contributed by atoms with Gasteiger partial charge in [0, 0.05) is 23.3 Å². The predicted octanol–water partition coefficient (Wildman–Crippen LogP) is 2.11. The first-order valence-corrected chi connectivity index (χ1v) is 5.83. The summed E-state index contributed by atoms with van der Waals surface area (Å²) >= 11 is 1.28. The van der Waals surface area contributed by atoms with E-state index in [9.17, 15) is 13.2 Å². The van der Waals surface area contributed by atoms with E-state index in [0.717, 1.165) is 18.5 Å². The largest absolute Gasteiger partial charge is 0.416 e. The average Bonchev–Trinajstić information content (AvgIpc) is 2.83. The zero-order chi connectivity index (χ0) is 13.2. The molecule has 2 heterocycles. The molecular formula is C10H9F3N4S. The van der Waals surface area contributed by atoms with Crippen LogP contribution < -0.4 is 11.3 Å². The summed E-state index contributed by atoms with van der Waals surface area (Å²) in [6.45, 7) is 0. The number of alkyl halides is 3. The number of pyridine rings is 1. The van der Waals surface area contributed by atoms with Gasteiger partial charge >= 0.3 is 6.18 Å². The van der Waals surface area contributed by atoms with E-state index in [1.54, 1.807) is 5.38 Å². The number of hydrazine groups is 1. The fraction of sp³-hybridized carbons (Fsp3) is 0.200. The molecule has 0 saturated carbocycles. The molecule has 0 radical (unpaired) electrons. The van der Waals surface area contributed by atoms with E-state index < -0.39 is 17.8 Å². The Labute approximate surface area is 105 Å². The summed E-state index contributed by atoms with van der Waals surface area (Å²) in [6.07, 6.45) is -2.21. The first kappa shape index (κ1) is 12.9. The molecule has 0 bridgehead atoms. The summed E-state index contributed by atoms with van der Waals surface area (Å²) in [5.41, 5.74) is 3.49. The number of hydrogen-bond acceptors (Lipinski definition) is 5. The third-order valence-corrected chi connectivity index (χ3v) is 2.99. The summed E-state index contributed by atoms with van der Waals surface area (Å²) in [7, 11) is 0. The lowest BCUT2D eigenvalue weighted by Gasteiger charge is -2.18. The second kappa shape index (κ2) is 5.01. The van der Waals surface area contributed by atoms with E-state index in [1.165, 1.54) is 16.8 Å². The smallest absolute Gasteiger partial charge is 0.271 e. The summed E-state index contributed by atoms with van der Waals surface area (Å²) in [5.74, 6) is 5.33.